The Morgan fingerprint density at radius 3 is 2.15 bits per heavy atom. The average Bonchev–Trinajstić information content (AvgIpc) is 2.83. The number of morpholine rings is 1. The van der Waals surface area contributed by atoms with Gasteiger partial charge in [-0.25, -0.2) is 4.90 Å². The molecule has 2 heterocycles. The zero-order valence-corrected chi connectivity index (χ0v) is 15.4. The quantitative estimate of drug-likeness (QED) is 0.466. The Hall–Kier alpha value is -1.69. The van der Waals surface area contributed by atoms with E-state index in [4.69, 9.17) is 4.74 Å². The van der Waals surface area contributed by atoms with Crippen LogP contribution in [0.5, 0.6) is 0 Å². The summed E-state index contributed by atoms with van der Waals surface area (Å²) < 4.78 is 67.3. The molecular formula is C13H20F6N5O2P. The monoisotopic (exact) mass is 423 g/mol. The van der Waals surface area contributed by atoms with E-state index >= 15 is 0 Å². The van der Waals surface area contributed by atoms with E-state index < -0.39 is 7.81 Å². The number of nitrogens with one attached hydrogen (secondary N) is 1. The normalized spacial score (nSPS) is 19.9. The van der Waals surface area contributed by atoms with Crippen LogP contribution in [0.2, 0.25) is 0 Å². The van der Waals surface area contributed by atoms with Gasteiger partial charge in [-0.2, -0.15) is 0 Å². The first kappa shape index (κ1) is 21.6. The van der Waals surface area contributed by atoms with Crippen LogP contribution in [0.1, 0.15) is 6.29 Å². The second-order valence-corrected chi connectivity index (χ2v) is 8.09. The van der Waals surface area contributed by atoms with Crippen molar-refractivity contribution in [2.24, 2.45) is 0 Å². The Morgan fingerprint density at radius 1 is 1.11 bits per heavy atom. The first-order valence-corrected chi connectivity index (χ1v) is 9.83. The van der Waals surface area contributed by atoms with Crippen molar-refractivity contribution in [1.29, 1.82) is 0 Å². The molecule has 3 rings (SSSR count). The number of H-pyrrole nitrogens is 1. The van der Waals surface area contributed by atoms with Crippen molar-refractivity contribution < 1.29 is 34.5 Å². The van der Waals surface area contributed by atoms with Gasteiger partial charge >= 0.3 is 33.0 Å². The van der Waals surface area contributed by atoms with Crippen molar-refractivity contribution >= 4 is 18.8 Å². The van der Waals surface area contributed by atoms with Crippen molar-refractivity contribution in [3.05, 3.63) is 29.2 Å². The van der Waals surface area contributed by atoms with E-state index in [1.54, 1.807) is 0 Å². The Morgan fingerprint density at radius 2 is 1.63 bits per heavy atom. The number of ether oxygens (including phenoxy) is 1. The summed E-state index contributed by atoms with van der Waals surface area (Å²) in [5, 5.41) is 2.88. The molecule has 1 saturated heterocycles. The van der Waals surface area contributed by atoms with E-state index in [0.29, 0.717) is 5.52 Å². The van der Waals surface area contributed by atoms with Crippen molar-refractivity contribution in [3.8, 4) is 0 Å². The summed E-state index contributed by atoms with van der Waals surface area (Å²) >= 11 is 0. The zero-order chi connectivity index (χ0) is 20.5. The van der Waals surface area contributed by atoms with Crippen LogP contribution in [0.15, 0.2) is 24.3 Å². The van der Waals surface area contributed by atoms with E-state index in [1.807, 2.05) is 43.0 Å². The molecule has 1 unspecified atom stereocenters. The number of aromatic nitrogens is 3. The summed E-state index contributed by atoms with van der Waals surface area (Å²) in [7, 11) is -6.63. The Balaban J connectivity index is 0.000000321. The summed E-state index contributed by atoms with van der Waals surface area (Å²) in [6.07, 6.45) is -0.0287. The van der Waals surface area contributed by atoms with E-state index in [0.717, 1.165) is 36.4 Å². The maximum absolute atomic E-state index is 12.0. The fourth-order valence-electron chi connectivity index (χ4n) is 2.75. The molecule has 1 atom stereocenters. The SMILES string of the molecule is CN(C)C(N1CCOCC1)n1[nH][n+](=O)c2ccccc21.F[P-](F)(F)(F)(F)F. The molecule has 0 amide bonds. The molecule has 0 saturated carbocycles. The van der Waals surface area contributed by atoms with Crippen LogP contribution in [0, 0.1) is 4.91 Å². The Kier molecular flexibility index (Phi) is 5.38. The van der Waals surface area contributed by atoms with Crippen LogP contribution in [0.25, 0.3) is 11.0 Å². The second-order valence-electron chi connectivity index (χ2n) is 6.17. The number of aromatic amines is 1. The van der Waals surface area contributed by atoms with Gasteiger partial charge in [0, 0.05) is 13.1 Å². The van der Waals surface area contributed by atoms with Gasteiger partial charge in [0.1, 0.15) is 0 Å². The number of halogens is 6. The van der Waals surface area contributed by atoms with Crippen LogP contribution in [0.4, 0.5) is 25.2 Å². The van der Waals surface area contributed by atoms with Gasteiger partial charge in [-0.1, -0.05) is 17.3 Å². The number of hydrogen-bond donors (Lipinski definition) is 1. The fourth-order valence-corrected chi connectivity index (χ4v) is 2.75. The number of fused-ring (bicyclic) bond motifs is 1. The molecule has 0 spiro atoms. The summed E-state index contributed by atoms with van der Waals surface area (Å²) in [6, 6.07) is 7.59. The first-order chi connectivity index (χ1) is 12.1. The van der Waals surface area contributed by atoms with Gasteiger partial charge in [-0.15, -0.1) is 4.68 Å². The van der Waals surface area contributed by atoms with E-state index in [2.05, 4.69) is 15.0 Å². The predicted molar refractivity (Wildman–Crippen MR) is 88.3 cm³/mol. The van der Waals surface area contributed by atoms with Gasteiger partial charge < -0.3 is 4.74 Å². The minimum atomic E-state index is -10.7. The molecule has 7 nitrogen and oxygen atoms in total. The second kappa shape index (κ2) is 6.73. The minimum absolute atomic E-state index is 0.0287. The Bertz CT molecular complexity index is 833. The van der Waals surface area contributed by atoms with Crippen LogP contribution in [-0.4, -0.2) is 60.1 Å². The van der Waals surface area contributed by atoms with Gasteiger partial charge in [0.05, 0.1) is 17.8 Å². The Labute approximate surface area is 149 Å². The number of nitrogens with zero attached hydrogens (tertiary/aromatic N) is 4. The van der Waals surface area contributed by atoms with Crippen LogP contribution >= 0.6 is 7.81 Å². The third-order valence-corrected chi connectivity index (χ3v) is 3.62. The van der Waals surface area contributed by atoms with Crippen LogP contribution in [0.3, 0.4) is 0 Å². The molecule has 2 aromatic rings. The molecule has 1 fully saturated rings. The first-order valence-electron chi connectivity index (χ1n) is 7.80. The zero-order valence-electron chi connectivity index (χ0n) is 14.5. The van der Waals surface area contributed by atoms with Gasteiger partial charge in [0.2, 0.25) is 17.3 Å². The third-order valence-electron chi connectivity index (χ3n) is 3.62. The molecule has 156 valence electrons. The van der Waals surface area contributed by atoms with Gasteiger partial charge in [-0.05, 0) is 31.1 Å². The average molecular weight is 423 g/mol. The molecule has 1 N–H and O–H groups in total. The fraction of sp³-hybridized carbons (Fsp3) is 0.538. The van der Waals surface area contributed by atoms with Crippen molar-refractivity contribution in [2.75, 3.05) is 40.4 Å². The summed E-state index contributed by atoms with van der Waals surface area (Å²) in [5.41, 5.74) is 1.54. The summed E-state index contributed by atoms with van der Waals surface area (Å²) in [6.45, 7) is 3.14. The van der Waals surface area contributed by atoms with E-state index in [9.17, 15) is 30.1 Å². The van der Waals surface area contributed by atoms with Crippen LogP contribution < -0.4 is 4.54 Å². The maximum atomic E-state index is 12.0. The molecule has 14 heteroatoms. The number of rotatable bonds is 3. The van der Waals surface area contributed by atoms with Gasteiger partial charge in [0.25, 0.3) is 0 Å². The topological polar surface area (TPSA) is 59.4 Å². The molecule has 1 aromatic heterocycles. The van der Waals surface area contributed by atoms with E-state index in [1.165, 1.54) is 0 Å². The molecule has 1 aliphatic rings. The molecule has 1 aromatic carbocycles. The van der Waals surface area contributed by atoms with Gasteiger partial charge in [-0.3, -0.25) is 4.90 Å². The number of hydrogen-bond acceptors (Lipinski definition) is 4. The predicted octanol–water partition coefficient (Wildman–Crippen LogP) is 3.62. The molecule has 0 radical (unpaired) electrons. The standard InChI is InChI=1S/C13H20N5O2.F6P/c1-15(2)13(16-7-9-20-10-8-16)17-11-5-3-4-6-12(11)18(19)14-17;1-7(2,3,4,5)6/h3-6,13H,7-10H2,1-2H3,(H,14,19);/q+1;-1. The molecule has 27 heavy (non-hydrogen) atoms. The molecule has 0 aliphatic carbocycles. The van der Waals surface area contributed by atoms with E-state index in [-0.39, 0.29) is 6.29 Å². The van der Waals surface area contributed by atoms with Crippen LogP contribution in [-0.2, 0) is 4.74 Å². The number of benzene rings is 1. The number of para-hydroxylation sites is 2. The summed E-state index contributed by atoms with van der Waals surface area (Å²) in [5.74, 6) is 0. The van der Waals surface area contributed by atoms with Crippen molar-refractivity contribution in [1.82, 2.24) is 19.7 Å². The van der Waals surface area contributed by atoms with Crippen molar-refractivity contribution in [3.63, 3.8) is 0 Å². The van der Waals surface area contributed by atoms with Gasteiger partial charge in [0.15, 0.2) is 0 Å². The molecule has 1 aliphatic heterocycles. The third kappa shape index (κ3) is 7.09. The molecular weight excluding hydrogens is 403 g/mol. The van der Waals surface area contributed by atoms with Crippen molar-refractivity contribution in [2.45, 2.75) is 6.29 Å². The molecule has 0 bridgehead atoms. The summed E-state index contributed by atoms with van der Waals surface area (Å²) in [4.78, 5) is 16.4.